The number of azo groups is 1. The number of carboxylic acid groups (broad SMARTS) is 1. The highest BCUT2D eigenvalue weighted by Gasteiger charge is 2.07. The molecule has 0 aliphatic carbocycles. The zero-order valence-corrected chi connectivity index (χ0v) is 8.01. The van der Waals surface area contributed by atoms with E-state index in [4.69, 9.17) is 15.8 Å². The van der Waals surface area contributed by atoms with E-state index in [1.54, 1.807) is 24.1 Å². The minimum Gasteiger partial charge on any atom is -0.478 e. The van der Waals surface area contributed by atoms with Crippen LogP contribution in [0.15, 0.2) is 40.2 Å². The quantitative estimate of drug-likeness (QED) is 0.456. The average molecular weight is 214 g/mol. The van der Waals surface area contributed by atoms with E-state index in [9.17, 15) is 4.79 Å². The molecule has 1 rings (SSSR count). The molecule has 0 aliphatic rings. The van der Waals surface area contributed by atoms with Crippen LogP contribution in [0, 0.1) is 16.7 Å². The van der Waals surface area contributed by atoms with E-state index < -0.39 is 5.97 Å². The van der Waals surface area contributed by atoms with Gasteiger partial charge in [0.05, 0.1) is 5.56 Å². The first-order valence-corrected chi connectivity index (χ1v) is 4.13. The summed E-state index contributed by atoms with van der Waals surface area (Å²) in [6.07, 6.45) is 0. The molecule has 0 spiro atoms. The lowest BCUT2D eigenvalue weighted by atomic mass is 10.2. The molecule has 16 heavy (non-hydrogen) atoms. The van der Waals surface area contributed by atoms with Gasteiger partial charge >= 0.3 is 5.97 Å². The van der Waals surface area contributed by atoms with E-state index >= 15 is 0 Å². The van der Waals surface area contributed by atoms with Crippen LogP contribution in [0.25, 0.3) is 0 Å². The van der Waals surface area contributed by atoms with Crippen LogP contribution in [0.2, 0.25) is 0 Å². The maximum absolute atomic E-state index is 10.8. The fraction of sp³-hybridized carbons (Fsp3) is 0. The number of nitrogens with one attached hydrogen (secondary N) is 1. The summed E-state index contributed by atoms with van der Waals surface area (Å²) >= 11 is 0. The smallest absolute Gasteiger partial charge is 0.337 e. The van der Waals surface area contributed by atoms with Gasteiger partial charge in [-0.05, 0) is 12.1 Å². The lowest BCUT2D eigenvalue weighted by Gasteiger charge is -1.97. The first-order valence-electron chi connectivity index (χ1n) is 4.13. The van der Waals surface area contributed by atoms with E-state index in [-0.39, 0.29) is 16.9 Å². The lowest BCUT2D eigenvalue weighted by molar-refractivity contribution is 0.0698. The SMILES string of the molecule is N#CC(=C=N)N=Nc1ccccc1C(=O)O. The summed E-state index contributed by atoms with van der Waals surface area (Å²) in [6.45, 7) is 0. The molecule has 0 atom stereocenters. The van der Waals surface area contributed by atoms with Gasteiger partial charge in [0.2, 0.25) is 5.70 Å². The standard InChI is InChI=1S/C10H6N4O2/c11-5-7(6-12)13-14-9-4-2-1-3-8(9)10(15)16/h1-4,11H,(H,15,16). The normalized spacial score (nSPS) is 9.44. The highest BCUT2D eigenvalue weighted by atomic mass is 16.4. The lowest BCUT2D eigenvalue weighted by Crippen LogP contribution is -1.95. The molecule has 0 aliphatic heterocycles. The first kappa shape index (κ1) is 11.3. The first-order chi connectivity index (χ1) is 7.69. The molecular formula is C10H6N4O2. The Balaban J connectivity index is 3.12. The molecule has 0 saturated carbocycles. The Morgan fingerprint density at radius 1 is 1.44 bits per heavy atom. The van der Waals surface area contributed by atoms with Gasteiger partial charge in [-0.15, -0.1) is 10.2 Å². The van der Waals surface area contributed by atoms with Gasteiger partial charge in [0.15, 0.2) is 0 Å². The summed E-state index contributed by atoms with van der Waals surface area (Å²) in [7, 11) is 0. The summed E-state index contributed by atoms with van der Waals surface area (Å²) in [4.78, 5) is 10.8. The summed E-state index contributed by atoms with van der Waals surface area (Å²) in [5.41, 5.74) is -0.216. The molecule has 0 aromatic heterocycles. The summed E-state index contributed by atoms with van der Waals surface area (Å²) < 4.78 is 0. The Morgan fingerprint density at radius 2 is 2.12 bits per heavy atom. The largest absolute Gasteiger partial charge is 0.478 e. The van der Waals surface area contributed by atoms with Crippen LogP contribution >= 0.6 is 0 Å². The van der Waals surface area contributed by atoms with E-state index in [0.717, 1.165) is 0 Å². The van der Waals surface area contributed by atoms with Gasteiger partial charge in [0.25, 0.3) is 0 Å². The van der Waals surface area contributed by atoms with Gasteiger partial charge in [0, 0.05) is 5.87 Å². The second-order valence-electron chi connectivity index (χ2n) is 2.61. The molecular weight excluding hydrogens is 208 g/mol. The topological polar surface area (TPSA) is 110 Å². The number of nitriles is 1. The molecule has 0 fully saturated rings. The molecule has 78 valence electrons. The van der Waals surface area contributed by atoms with Crippen LogP contribution in [0.4, 0.5) is 5.69 Å². The summed E-state index contributed by atoms with van der Waals surface area (Å²) in [5, 5.41) is 30.9. The van der Waals surface area contributed by atoms with Crippen LogP contribution in [-0.4, -0.2) is 16.9 Å². The average Bonchev–Trinajstić information content (AvgIpc) is 2.30. The van der Waals surface area contributed by atoms with Crippen molar-refractivity contribution >= 4 is 17.5 Å². The number of hydrogen-bond acceptors (Lipinski definition) is 5. The van der Waals surface area contributed by atoms with Crippen molar-refractivity contribution in [3.05, 3.63) is 35.5 Å². The predicted molar refractivity (Wildman–Crippen MR) is 54.8 cm³/mol. The second kappa shape index (κ2) is 5.20. The fourth-order valence-electron chi connectivity index (χ4n) is 0.921. The van der Waals surface area contributed by atoms with E-state index in [1.165, 1.54) is 12.1 Å². The maximum Gasteiger partial charge on any atom is 0.337 e. The molecule has 6 nitrogen and oxygen atoms in total. The summed E-state index contributed by atoms with van der Waals surface area (Å²) in [5.74, 6) is 0.636. The van der Waals surface area contributed by atoms with Crippen molar-refractivity contribution in [3.63, 3.8) is 0 Å². The molecule has 0 radical (unpaired) electrons. The molecule has 1 aromatic carbocycles. The predicted octanol–water partition coefficient (Wildman–Crippen LogP) is 2.12. The van der Waals surface area contributed by atoms with E-state index in [0.29, 0.717) is 0 Å². The number of carboxylic acids is 1. The molecule has 6 heteroatoms. The minimum absolute atomic E-state index is 0.0199. The minimum atomic E-state index is -1.13. The van der Waals surface area contributed by atoms with Crippen LogP contribution in [-0.2, 0) is 0 Å². The molecule has 0 heterocycles. The number of aromatic carboxylic acids is 1. The fourth-order valence-corrected chi connectivity index (χ4v) is 0.921. The third-order valence-electron chi connectivity index (χ3n) is 1.62. The Hall–Kier alpha value is -2.77. The van der Waals surface area contributed by atoms with Gasteiger partial charge in [0.1, 0.15) is 11.8 Å². The number of benzene rings is 1. The van der Waals surface area contributed by atoms with Gasteiger partial charge in [-0.2, -0.15) is 5.26 Å². The van der Waals surface area contributed by atoms with Crippen molar-refractivity contribution in [2.24, 2.45) is 10.2 Å². The number of nitrogens with zero attached hydrogens (tertiary/aromatic N) is 3. The molecule has 0 unspecified atom stereocenters. The molecule has 2 N–H and O–H groups in total. The van der Waals surface area contributed by atoms with Crippen molar-refractivity contribution < 1.29 is 9.90 Å². The second-order valence-corrected chi connectivity index (χ2v) is 2.61. The van der Waals surface area contributed by atoms with Crippen molar-refractivity contribution in [3.8, 4) is 6.07 Å². The van der Waals surface area contributed by atoms with Crippen LogP contribution in [0.3, 0.4) is 0 Å². The van der Waals surface area contributed by atoms with Gasteiger partial charge in [-0.3, -0.25) is 5.41 Å². The Morgan fingerprint density at radius 3 is 2.69 bits per heavy atom. The van der Waals surface area contributed by atoms with Crippen molar-refractivity contribution in [1.29, 1.82) is 10.7 Å². The van der Waals surface area contributed by atoms with E-state index in [1.807, 2.05) is 0 Å². The molecule has 1 aromatic rings. The van der Waals surface area contributed by atoms with Crippen molar-refractivity contribution in [2.75, 3.05) is 0 Å². The highest BCUT2D eigenvalue weighted by Crippen LogP contribution is 2.19. The number of allylic oxidation sites excluding steroid dienone is 1. The summed E-state index contributed by atoms with van der Waals surface area (Å²) in [6, 6.07) is 7.56. The zero-order chi connectivity index (χ0) is 12.0. The third-order valence-corrected chi connectivity index (χ3v) is 1.62. The number of rotatable bonds is 3. The Bertz CT molecular complexity index is 536. The third kappa shape index (κ3) is 2.61. The van der Waals surface area contributed by atoms with Crippen LogP contribution in [0.1, 0.15) is 10.4 Å². The molecule has 0 saturated heterocycles. The molecule has 0 bridgehead atoms. The van der Waals surface area contributed by atoms with Gasteiger partial charge in [-0.25, -0.2) is 4.79 Å². The Labute approximate surface area is 90.7 Å². The molecule has 0 amide bonds. The van der Waals surface area contributed by atoms with Crippen molar-refractivity contribution in [2.45, 2.75) is 0 Å². The van der Waals surface area contributed by atoms with Crippen LogP contribution in [0.5, 0.6) is 0 Å². The highest BCUT2D eigenvalue weighted by molar-refractivity contribution is 5.93. The zero-order valence-electron chi connectivity index (χ0n) is 8.01. The van der Waals surface area contributed by atoms with Gasteiger partial charge in [-0.1, -0.05) is 12.1 Å². The van der Waals surface area contributed by atoms with Crippen LogP contribution < -0.4 is 0 Å². The number of hydrogen-bond donors (Lipinski definition) is 2. The van der Waals surface area contributed by atoms with Gasteiger partial charge < -0.3 is 5.11 Å². The maximum atomic E-state index is 10.8. The number of carbonyl (C=O) groups is 1. The van der Waals surface area contributed by atoms with E-state index in [2.05, 4.69) is 10.2 Å². The van der Waals surface area contributed by atoms with Crippen molar-refractivity contribution in [1.82, 2.24) is 0 Å². The monoisotopic (exact) mass is 214 g/mol. The Kier molecular flexibility index (Phi) is 3.67.